The van der Waals surface area contributed by atoms with Crippen LogP contribution in [0.15, 0.2) is 30.5 Å². The largest absolute Gasteiger partial charge is 0.496 e. The number of hydrogen-bond acceptors (Lipinski definition) is 3. The van der Waals surface area contributed by atoms with Gasteiger partial charge in [0.2, 0.25) is 0 Å². The van der Waals surface area contributed by atoms with Gasteiger partial charge in [0.25, 0.3) is 0 Å². The fourth-order valence-electron chi connectivity index (χ4n) is 2.24. The van der Waals surface area contributed by atoms with Crippen LogP contribution in [0.2, 0.25) is 5.02 Å². The molecule has 102 valence electrons. The van der Waals surface area contributed by atoms with Crippen LogP contribution in [0.4, 0.5) is 0 Å². The summed E-state index contributed by atoms with van der Waals surface area (Å²) in [6.45, 7) is 0. The van der Waals surface area contributed by atoms with E-state index in [-0.39, 0.29) is 6.04 Å². The second-order valence-electron chi connectivity index (χ2n) is 4.36. The Bertz CT molecular complexity index is 534. The number of likely N-dealkylation sites (N-methyl/N-ethyl adjacent to an activating group) is 1. The molecule has 0 saturated carbocycles. The summed E-state index contributed by atoms with van der Waals surface area (Å²) in [5.74, 6) is 0.890. The van der Waals surface area contributed by atoms with E-state index in [1.807, 2.05) is 32.3 Å². The van der Waals surface area contributed by atoms with Crippen molar-refractivity contribution >= 4 is 11.6 Å². The van der Waals surface area contributed by atoms with Crippen LogP contribution in [0.25, 0.3) is 0 Å². The minimum atomic E-state index is 0.0938. The van der Waals surface area contributed by atoms with Gasteiger partial charge in [0, 0.05) is 7.05 Å². The molecule has 5 heteroatoms. The number of benzene rings is 1. The standard InChI is InChI=1S/C14H18ClN3O/c1-16-12(14-11(15)9-17-18(14)2)8-10-6-4-5-7-13(10)19-3/h4-7,9,12,16H,8H2,1-3H3. The zero-order valence-corrected chi connectivity index (χ0v) is 12.1. The van der Waals surface area contributed by atoms with E-state index in [4.69, 9.17) is 16.3 Å². The first-order valence-electron chi connectivity index (χ1n) is 6.14. The number of hydrogen-bond donors (Lipinski definition) is 1. The molecule has 1 aromatic carbocycles. The molecule has 1 heterocycles. The lowest BCUT2D eigenvalue weighted by Crippen LogP contribution is -2.22. The molecule has 2 aromatic rings. The molecule has 0 bridgehead atoms. The highest BCUT2D eigenvalue weighted by Gasteiger charge is 2.19. The van der Waals surface area contributed by atoms with Crippen LogP contribution in [0.5, 0.6) is 5.75 Å². The minimum absolute atomic E-state index is 0.0938. The number of aryl methyl sites for hydroxylation is 1. The van der Waals surface area contributed by atoms with Gasteiger partial charge in [-0.15, -0.1) is 0 Å². The molecule has 1 N–H and O–H groups in total. The third kappa shape index (κ3) is 2.91. The number of halogens is 1. The molecule has 0 saturated heterocycles. The second kappa shape index (κ2) is 6.08. The Kier molecular flexibility index (Phi) is 4.45. The fourth-order valence-corrected chi connectivity index (χ4v) is 2.54. The van der Waals surface area contributed by atoms with Crippen molar-refractivity contribution in [3.05, 3.63) is 46.7 Å². The quantitative estimate of drug-likeness (QED) is 0.914. The van der Waals surface area contributed by atoms with Gasteiger partial charge in [-0.25, -0.2) is 0 Å². The Hall–Kier alpha value is -1.52. The number of para-hydroxylation sites is 1. The van der Waals surface area contributed by atoms with Gasteiger partial charge in [-0.3, -0.25) is 4.68 Å². The summed E-state index contributed by atoms with van der Waals surface area (Å²) in [6.07, 6.45) is 2.46. The number of aromatic nitrogens is 2. The van der Waals surface area contributed by atoms with E-state index in [1.54, 1.807) is 18.0 Å². The highest BCUT2D eigenvalue weighted by molar-refractivity contribution is 6.31. The maximum Gasteiger partial charge on any atom is 0.122 e. The normalized spacial score (nSPS) is 12.4. The summed E-state index contributed by atoms with van der Waals surface area (Å²) >= 11 is 6.20. The van der Waals surface area contributed by atoms with Crippen LogP contribution in [0.1, 0.15) is 17.3 Å². The van der Waals surface area contributed by atoms with Gasteiger partial charge >= 0.3 is 0 Å². The van der Waals surface area contributed by atoms with Crippen molar-refractivity contribution in [1.29, 1.82) is 0 Å². The first kappa shape index (κ1) is 13.9. The van der Waals surface area contributed by atoms with E-state index >= 15 is 0 Å². The van der Waals surface area contributed by atoms with Crippen LogP contribution < -0.4 is 10.1 Å². The average Bonchev–Trinajstić information content (AvgIpc) is 2.76. The van der Waals surface area contributed by atoms with Crippen molar-refractivity contribution in [1.82, 2.24) is 15.1 Å². The SMILES string of the molecule is CNC(Cc1ccccc1OC)c1c(Cl)cnn1C. The lowest BCUT2D eigenvalue weighted by Gasteiger charge is -2.18. The Balaban J connectivity index is 2.29. The maximum atomic E-state index is 6.20. The molecule has 0 fully saturated rings. The number of nitrogens with one attached hydrogen (secondary N) is 1. The van der Waals surface area contributed by atoms with Crippen LogP contribution in [-0.2, 0) is 13.5 Å². The molecule has 0 aliphatic heterocycles. The maximum absolute atomic E-state index is 6.20. The molecule has 0 radical (unpaired) electrons. The van der Waals surface area contributed by atoms with E-state index in [9.17, 15) is 0 Å². The van der Waals surface area contributed by atoms with Crippen molar-refractivity contribution in [2.24, 2.45) is 7.05 Å². The van der Waals surface area contributed by atoms with Crippen molar-refractivity contribution in [2.75, 3.05) is 14.2 Å². The van der Waals surface area contributed by atoms with Crippen LogP contribution in [-0.4, -0.2) is 23.9 Å². The Morgan fingerprint density at radius 1 is 1.42 bits per heavy atom. The van der Waals surface area contributed by atoms with Crippen LogP contribution in [0, 0.1) is 0 Å². The first-order valence-corrected chi connectivity index (χ1v) is 6.51. The molecule has 0 aliphatic rings. The van der Waals surface area contributed by atoms with E-state index in [1.165, 1.54) is 0 Å². The molecule has 0 amide bonds. The molecule has 1 atom stereocenters. The number of rotatable bonds is 5. The van der Waals surface area contributed by atoms with Crippen LogP contribution >= 0.6 is 11.6 Å². The molecule has 2 rings (SSSR count). The number of methoxy groups -OCH3 is 1. The molecular formula is C14H18ClN3O. The Morgan fingerprint density at radius 2 is 2.16 bits per heavy atom. The highest BCUT2D eigenvalue weighted by Crippen LogP contribution is 2.28. The molecule has 1 unspecified atom stereocenters. The first-order chi connectivity index (χ1) is 9.17. The van der Waals surface area contributed by atoms with Crippen molar-refractivity contribution in [3.63, 3.8) is 0 Å². The molecular weight excluding hydrogens is 262 g/mol. The average molecular weight is 280 g/mol. The zero-order chi connectivity index (χ0) is 13.8. The van der Waals surface area contributed by atoms with Gasteiger partial charge < -0.3 is 10.1 Å². The summed E-state index contributed by atoms with van der Waals surface area (Å²) < 4.78 is 7.19. The van der Waals surface area contributed by atoms with Crippen molar-refractivity contribution < 1.29 is 4.74 Å². The van der Waals surface area contributed by atoms with E-state index < -0.39 is 0 Å². The van der Waals surface area contributed by atoms with Crippen molar-refractivity contribution in [2.45, 2.75) is 12.5 Å². The second-order valence-corrected chi connectivity index (χ2v) is 4.77. The number of nitrogens with zero attached hydrogens (tertiary/aromatic N) is 2. The third-order valence-corrected chi connectivity index (χ3v) is 3.52. The third-order valence-electron chi connectivity index (χ3n) is 3.23. The van der Waals surface area contributed by atoms with E-state index in [2.05, 4.69) is 16.5 Å². The van der Waals surface area contributed by atoms with Gasteiger partial charge in [0.05, 0.1) is 30.1 Å². The minimum Gasteiger partial charge on any atom is -0.496 e. The fraction of sp³-hybridized carbons (Fsp3) is 0.357. The Morgan fingerprint density at radius 3 is 2.74 bits per heavy atom. The topological polar surface area (TPSA) is 39.1 Å². The predicted molar refractivity (Wildman–Crippen MR) is 76.7 cm³/mol. The molecule has 1 aromatic heterocycles. The van der Waals surface area contributed by atoms with E-state index in [0.717, 1.165) is 23.4 Å². The van der Waals surface area contributed by atoms with Gasteiger partial charge in [-0.05, 0) is 25.1 Å². The van der Waals surface area contributed by atoms with Crippen LogP contribution in [0.3, 0.4) is 0 Å². The molecule has 0 aliphatic carbocycles. The summed E-state index contributed by atoms with van der Waals surface area (Å²) in [5.41, 5.74) is 2.12. The van der Waals surface area contributed by atoms with Gasteiger partial charge in [0.1, 0.15) is 5.75 Å². The zero-order valence-electron chi connectivity index (χ0n) is 11.4. The predicted octanol–water partition coefficient (Wildman–Crippen LogP) is 2.59. The van der Waals surface area contributed by atoms with Gasteiger partial charge in [-0.2, -0.15) is 5.10 Å². The summed E-state index contributed by atoms with van der Waals surface area (Å²) in [6, 6.07) is 8.10. The lowest BCUT2D eigenvalue weighted by atomic mass is 10.0. The Labute approximate surface area is 118 Å². The lowest BCUT2D eigenvalue weighted by molar-refractivity contribution is 0.405. The number of ether oxygens (including phenoxy) is 1. The van der Waals surface area contributed by atoms with E-state index in [0.29, 0.717) is 5.02 Å². The summed E-state index contributed by atoms with van der Waals surface area (Å²) in [5, 5.41) is 8.15. The monoisotopic (exact) mass is 279 g/mol. The molecule has 4 nitrogen and oxygen atoms in total. The van der Waals surface area contributed by atoms with Gasteiger partial charge in [0.15, 0.2) is 0 Å². The summed E-state index contributed by atoms with van der Waals surface area (Å²) in [4.78, 5) is 0. The van der Waals surface area contributed by atoms with Crippen molar-refractivity contribution in [3.8, 4) is 5.75 Å². The highest BCUT2D eigenvalue weighted by atomic mass is 35.5. The molecule has 0 spiro atoms. The van der Waals surface area contributed by atoms with Gasteiger partial charge in [-0.1, -0.05) is 29.8 Å². The molecule has 19 heavy (non-hydrogen) atoms. The summed E-state index contributed by atoms with van der Waals surface area (Å²) in [7, 11) is 5.50. The smallest absolute Gasteiger partial charge is 0.122 e.